The van der Waals surface area contributed by atoms with Crippen LogP contribution in [0.1, 0.15) is 5.01 Å². The molecule has 0 fully saturated rings. The fourth-order valence-corrected chi connectivity index (χ4v) is 2.93. The summed E-state index contributed by atoms with van der Waals surface area (Å²) in [6, 6.07) is 14.8. The standard InChI is InChI=1S/C17H17N3O3S/c1-20(22-2)17(21)18-12-7-9-13(10-8-12)23-11-16-19-14-5-3-4-6-15(14)24-16/h3-10H,11H2,1-2H3,(H,18,21). The molecule has 0 saturated carbocycles. The van der Waals surface area contributed by atoms with Crippen molar-refractivity contribution in [1.82, 2.24) is 10.0 Å². The van der Waals surface area contributed by atoms with E-state index < -0.39 is 0 Å². The van der Waals surface area contributed by atoms with Gasteiger partial charge in [0.05, 0.1) is 17.3 Å². The number of fused-ring (bicyclic) bond motifs is 1. The predicted molar refractivity (Wildman–Crippen MR) is 94.2 cm³/mol. The molecular weight excluding hydrogens is 326 g/mol. The number of hydrogen-bond donors (Lipinski definition) is 1. The normalized spacial score (nSPS) is 10.6. The number of rotatable bonds is 5. The molecule has 1 N–H and O–H groups in total. The molecule has 0 radical (unpaired) electrons. The van der Waals surface area contributed by atoms with Crippen LogP contribution in [0.2, 0.25) is 0 Å². The Morgan fingerprint density at radius 2 is 1.96 bits per heavy atom. The van der Waals surface area contributed by atoms with Gasteiger partial charge in [-0.3, -0.25) is 4.84 Å². The lowest BCUT2D eigenvalue weighted by molar-refractivity contribution is -0.0598. The summed E-state index contributed by atoms with van der Waals surface area (Å²) in [6.45, 7) is 0.414. The van der Waals surface area contributed by atoms with Crippen LogP contribution in [0.5, 0.6) is 5.75 Å². The zero-order chi connectivity index (χ0) is 16.9. The maximum atomic E-state index is 11.7. The quantitative estimate of drug-likeness (QED) is 0.714. The highest BCUT2D eigenvalue weighted by molar-refractivity contribution is 7.18. The fourth-order valence-electron chi connectivity index (χ4n) is 2.05. The van der Waals surface area contributed by atoms with Gasteiger partial charge < -0.3 is 10.1 Å². The summed E-state index contributed by atoms with van der Waals surface area (Å²) in [5, 5.41) is 4.74. The number of hydrogen-bond acceptors (Lipinski definition) is 5. The zero-order valence-corrected chi connectivity index (χ0v) is 14.2. The Balaban J connectivity index is 1.59. The van der Waals surface area contributed by atoms with Crippen LogP contribution in [-0.4, -0.2) is 30.2 Å². The molecule has 0 aliphatic carbocycles. The minimum Gasteiger partial charge on any atom is -0.486 e. The van der Waals surface area contributed by atoms with Crippen molar-refractivity contribution in [3.8, 4) is 5.75 Å². The molecule has 0 unspecified atom stereocenters. The molecule has 0 aliphatic heterocycles. The minimum absolute atomic E-state index is 0.347. The Kier molecular flexibility index (Phi) is 4.93. The average molecular weight is 343 g/mol. The molecule has 0 atom stereocenters. The number of carbonyl (C=O) groups excluding carboxylic acids is 1. The molecular formula is C17H17N3O3S. The number of para-hydroxylation sites is 1. The van der Waals surface area contributed by atoms with Crippen LogP contribution in [0.15, 0.2) is 48.5 Å². The van der Waals surface area contributed by atoms with Gasteiger partial charge in [-0.05, 0) is 36.4 Å². The van der Waals surface area contributed by atoms with E-state index in [9.17, 15) is 4.79 Å². The van der Waals surface area contributed by atoms with E-state index in [1.54, 1.807) is 35.6 Å². The third kappa shape index (κ3) is 3.81. The fraction of sp³-hybridized carbons (Fsp3) is 0.176. The lowest BCUT2D eigenvalue weighted by atomic mass is 10.3. The maximum absolute atomic E-state index is 11.7. The van der Waals surface area contributed by atoms with Crippen LogP contribution in [0.4, 0.5) is 10.5 Å². The predicted octanol–water partition coefficient (Wildman–Crippen LogP) is 3.90. The van der Waals surface area contributed by atoms with Crippen LogP contribution in [-0.2, 0) is 11.4 Å². The topological polar surface area (TPSA) is 63.7 Å². The van der Waals surface area contributed by atoms with E-state index in [-0.39, 0.29) is 6.03 Å². The van der Waals surface area contributed by atoms with Gasteiger partial charge in [0.2, 0.25) is 0 Å². The second kappa shape index (κ2) is 7.29. The number of benzene rings is 2. The van der Waals surface area contributed by atoms with Crippen molar-refractivity contribution < 1.29 is 14.4 Å². The van der Waals surface area contributed by atoms with Gasteiger partial charge in [-0.1, -0.05) is 12.1 Å². The summed E-state index contributed by atoms with van der Waals surface area (Å²) in [5.41, 5.74) is 1.65. The average Bonchev–Trinajstić information content (AvgIpc) is 3.03. The number of carbonyl (C=O) groups is 1. The first-order valence-corrected chi connectivity index (χ1v) is 8.13. The van der Waals surface area contributed by atoms with Crippen molar-refractivity contribution >= 4 is 33.3 Å². The molecule has 2 amide bonds. The SMILES string of the molecule is CON(C)C(=O)Nc1ccc(OCc2nc3ccccc3s2)cc1. The maximum Gasteiger partial charge on any atom is 0.345 e. The number of thiazole rings is 1. The first-order valence-electron chi connectivity index (χ1n) is 7.32. The van der Waals surface area contributed by atoms with Crippen LogP contribution in [0, 0.1) is 0 Å². The van der Waals surface area contributed by atoms with E-state index in [0.717, 1.165) is 20.3 Å². The summed E-state index contributed by atoms with van der Waals surface area (Å²) in [7, 11) is 2.96. The summed E-state index contributed by atoms with van der Waals surface area (Å²) in [5.74, 6) is 0.715. The van der Waals surface area contributed by atoms with Crippen molar-refractivity contribution in [3.05, 3.63) is 53.5 Å². The van der Waals surface area contributed by atoms with E-state index in [4.69, 9.17) is 9.57 Å². The Hall–Kier alpha value is -2.64. The number of nitrogens with zero attached hydrogens (tertiary/aromatic N) is 2. The van der Waals surface area contributed by atoms with Gasteiger partial charge in [-0.15, -0.1) is 11.3 Å². The van der Waals surface area contributed by atoms with E-state index in [2.05, 4.69) is 10.3 Å². The summed E-state index contributed by atoms with van der Waals surface area (Å²) >= 11 is 1.62. The Bertz CT molecular complexity index is 799. The van der Waals surface area contributed by atoms with E-state index in [1.165, 1.54) is 14.2 Å². The van der Waals surface area contributed by atoms with Gasteiger partial charge in [-0.2, -0.15) is 0 Å². The van der Waals surface area contributed by atoms with Crippen molar-refractivity contribution in [1.29, 1.82) is 0 Å². The van der Waals surface area contributed by atoms with E-state index in [0.29, 0.717) is 18.0 Å². The number of amides is 2. The molecule has 2 aromatic carbocycles. The molecule has 0 bridgehead atoms. The van der Waals surface area contributed by atoms with Crippen molar-refractivity contribution in [2.45, 2.75) is 6.61 Å². The molecule has 6 nitrogen and oxygen atoms in total. The number of hydroxylamine groups is 2. The van der Waals surface area contributed by atoms with Gasteiger partial charge in [0.25, 0.3) is 0 Å². The third-order valence-electron chi connectivity index (χ3n) is 3.37. The zero-order valence-electron chi connectivity index (χ0n) is 13.4. The molecule has 124 valence electrons. The smallest absolute Gasteiger partial charge is 0.345 e. The number of ether oxygens (including phenoxy) is 1. The molecule has 0 spiro atoms. The van der Waals surface area contributed by atoms with E-state index >= 15 is 0 Å². The lowest BCUT2D eigenvalue weighted by Crippen LogP contribution is -2.30. The molecule has 0 aliphatic rings. The van der Waals surface area contributed by atoms with Crippen LogP contribution in [0.3, 0.4) is 0 Å². The first kappa shape index (κ1) is 16.2. The monoisotopic (exact) mass is 343 g/mol. The van der Waals surface area contributed by atoms with Crippen molar-refractivity contribution in [2.75, 3.05) is 19.5 Å². The van der Waals surface area contributed by atoms with E-state index in [1.807, 2.05) is 24.3 Å². The third-order valence-corrected chi connectivity index (χ3v) is 4.38. The second-order valence-corrected chi connectivity index (χ2v) is 6.11. The first-order chi connectivity index (χ1) is 11.7. The Morgan fingerprint density at radius 1 is 1.21 bits per heavy atom. The molecule has 3 aromatic rings. The number of urea groups is 1. The Labute approximate surface area is 143 Å². The van der Waals surface area contributed by atoms with Gasteiger partial charge in [0.15, 0.2) is 0 Å². The van der Waals surface area contributed by atoms with Gasteiger partial charge in [0, 0.05) is 12.7 Å². The molecule has 24 heavy (non-hydrogen) atoms. The van der Waals surface area contributed by atoms with Gasteiger partial charge >= 0.3 is 6.03 Å². The Morgan fingerprint density at radius 3 is 2.67 bits per heavy atom. The van der Waals surface area contributed by atoms with Crippen molar-refractivity contribution in [2.24, 2.45) is 0 Å². The van der Waals surface area contributed by atoms with Gasteiger partial charge in [-0.25, -0.2) is 14.8 Å². The minimum atomic E-state index is -0.347. The molecule has 7 heteroatoms. The summed E-state index contributed by atoms with van der Waals surface area (Å²) < 4.78 is 6.90. The van der Waals surface area contributed by atoms with Crippen molar-refractivity contribution in [3.63, 3.8) is 0 Å². The van der Waals surface area contributed by atoms with Gasteiger partial charge in [0.1, 0.15) is 17.4 Å². The molecule has 0 saturated heterocycles. The molecule has 1 heterocycles. The largest absolute Gasteiger partial charge is 0.486 e. The highest BCUT2D eigenvalue weighted by atomic mass is 32.1. The molecule has 3 rings (SSSR count). The van der Waals surface area contributed by atoms with Crippen LogP contribution < -0.4 is 10.1 Å². The summed E-state index contributed by atoms with van der Waals surface area (Å²) in [4.78, 5) is 21.0. The number of aromatic nitrogens is 1. The molecule has 1 aromatic heterocycles. The highest BCUT2D eigenvalue weighted by Gasteiger charge is 2.08. The number of nitrogens with one attached hydrogen (secondary N) is 1. The van der Waals surface area contributed by atoms with Crippen LogP contribution >= 0.6 is 11.3 Å². The lowest BCUT2D eigenvalue weighted by Gasteiger charge is -2.14. The number of anilines is 1. The van der Waals surface area contributed by atoms with Crippen LogP contribution in [0.25, 0.3) is 10.2 Å². The second-order valence-electron chi connectivity index (χ2n) is 5.00. The summed E-state index contributed by atoms with van der Waals surface area (Å²) in [6.07, 6.45) is 0. The highest BCUT2D eigenvalue weighted by Crippen LogP contribution is 2.23.